The lowest BCUT2D eigenvalue weighted by Gasteiger charge is -2.05. The van der Waals surface area contributed by atoms with Crippen LogP contribution in [-0.2, 0) is 0 Å². The molecule has 0 saturated heterocycles. The quantitative estimate of drug-likeness (QED) is 0.777. The SMILES string of the molecule is Cc1cc(-c2ccc(N)cc2)ccc1N.Cl.Cl. The minimum Gasteiger partial charge on any atom is -0.399 e. The first-order chi connectivity index (χ1) is 7.16. The summed E-state index contributed by atoms with van der Waals surface area (Å²) in [7, 11) is 0. The third-order valence-corrected chi connectivity index (χ3v) is 2.51. The van der Waals surface area contributed by atoms with Gasteiger partial charge >= 0.3 is 0 Å². The Balaban J connectivity index is 0.00000128. The van der Waals surface area contributed by atoms with Crippen LogP contribution in [0, 0.1) is 6.92 Å². The highest BCUT2D eigenvalue weighted by Gasteiger charge is 1.99. The Morgan fingerprint density at radius 3 is 1.82 bits per heavy atom. The molecule has 0 atom stereocenters. The van der Waals surface area contributed by atoms with Gasteiger partial charge in [-0.1, -0.05) is 18.2 Å². The second-order valence-corrected chi connectivity index (χ2v) is 3.69. The zero-order valence-electron chi connectivity index (χ0n) is 9.51. The minimum atomic E-state index is 0. The molecule has 0 unspecified atom stereocenters. The van der Waals surface area contributed by atoms with Crippen molar-refractivity contribution in [3.63, 3.8) is 0 Å². The molecule has 2 aromatic carbocycles. The second-order valence-electron chi connectivity index (χ2n) is 3.69. The number of nitrogen functional groups attached to an aromatic ring is 2. The molecule has 0 aromatic heterocycles. The monoisotopic (exact) mass is 270 g/mol. The second kappa shape index (κ2) is 6.38. The molecule has 2 nitrogen and oxygen atoms in total. The Morgan fingerprint density at radius 1 is 0.765 bits per heavy atom. The maximum Gasteiger partial charge on any atom is 0.0344 e. The largest absolute Gasteiger partial charge is 0.399 e. The summed E-state index contributed by atoms with van der Waals surface area (Å²) >= 11 is 0. The van der Waals surface area contributed by atoms with E-state index >= 15 is 0 Å². The Kier molecular flexibility index (Phi) is 5.86. The molecule has 92 valence electrons. The van der Waals surface area contributed by atoms with Crippen LogP contribution in [0.1, 0.15) is 5.56 Å². The van der Waals surface area contributed by atoms with Gasteiger partial charge in [0.25, 0.3) is 0 Å². The van der Waals surface area contributed by atoms with Crippen molar-refractivity contribution in [1.82, 2.24) is 0 Å². The molecular weight excluding hydrogens is 255 g/mol. The highest BCUT2D eigenvalue weighted by Crippen LogP contribution is 2.23. The number of hydrogen-bond donors (Lipinski definition) is 2. The number of anilines is 2. The zero-order valence-corrected chi connectivity index (χ0v) is 11.1. The lowest BCUT2D eigenvalue weighted by Crippen LogP contribution is -1.89. The van der Waals surface area contributed by atoms with Crippen molar-refractivity contribution >= 4 is 36.2 Å². The number of benzene rings is 2. The van der Waals surface area contributed by atoms with E-state index in [9.17, 15) is 0 Å². The van der Waals surface area contributed by atoms with E-state index in [1.807, 2.05) is 43.3 Å². The molecule has 0 spiro atoms. The smallest absolute Gasteiger partial charge is 0.0344 e. The first-order valence-electron chi connectivity index (χ1n) is 4.89. The predicted octanol–water partition coefficient (Wildman–Crippen LogP) is 3.67. The summed E-state index contributed by atoms with van der Waals surface area (Å²) in [5.74, 6) is 0. The fourth-order valence-electron chi connectivity index (χ4n) is 1.53. The average Bonchev–Trinajstić information content (AvgIpc) is 2.23. The van der Waals surface area contributed by atoms with Gasteiger partial charge in [-0.25, -0.2) is 0 Å². The van der Waals surface area contributed by atoms with Crippen LogP contribution in [-0.4, -0.2) is 0 Å². The standard InChI is InChI=1S/C13H14N2.2ClH/c1-9-8-11(4-7-13(9)15)10-2-5-12(14)6-3-10;;/h2-8H,14-15H2,1H3;2*1H. The van der Waals surface area contributed by atoms with E-state index in [4.69, 9.17) is 11.5 Å². The van der Waals surface area contributed by atoms with Crippen molar-refractivity contribution in [1.29, 1.82) is 0 Å². The molecule has 0 aliphatic rings. The van der Waals surface area contributed by atoms with Gasteiger partial charge in [-0.3, -0.25) is 0 Å². The fourth-order valence-corrected chi connectivity index (χ4v) is 1.53. The molecule has 0 amide bonds. The Labute approximate surface area is 114 Å². The highest BCUT2D eigenvalue weighted by atomic mass is 35.5. The van der Waals surface area contributed by atoms with E-state index in [0.29, 0.717) is 0 Å². The molecule has 4 N–H and O–H groups in total. The van der Waals surface area contributed by atoms with E-state index in [0.717, 1.165) is 22.5 Å². The van der Waals surface area contributed by atoms with Gasteiger partial charge in [-0.15, -0.1) is 24.8 Å². The van der Waals surface area contributed by atoms with Gasteiger partial charge in [0.15, 0.2) is 0 Å². The van der Waals surface area contributed by atoms with Crippen LogP contribution in [0.15, 0.2) is 42.5 Å². The van der Waals surface area contributed by atoms with Gasteiger partial charge in [0.2, 0.25) is 0 Å². The zero-order chi connectivity index (χ0) is 10.8. The molecule has 0 aliphatic carbocycles. The summed E-state index contributed by atoms with van der Waals surface area (Å²) < 4.78 is 0. The van der Waals surface area contributed by atoms with Gasteiger partial charge in [0.05, 0.1) is 0 Å². The minimum absolute atomic E-state index is 0. The van der Waals surface area contributed by atoms with Crippen molar-refractivity contribution in [2.45, 2.75) is 6.92 Å². The van der Waals surface area contributed by atoms with Crippen molar-refractivity contribution in [3.8, 4) is 11.1 Å². The highest BCUT2D eigenvalue weighted by molar-refractivity contribution is 5.85. The summed E-state index contributed by atoms with van der Waals surface area (Å²) in [5.41, 5.74) is 16.4. The summed E-state index contributed by atoms with van der Waals surface area (Å²) in [6.07, 6.45) is 0. The molecule has 0 heterocycles. The van der Waals surface area contributed by atoms with Crippen molar-refractivity contribution < 1.29 is 0 Å². The van der Waals surface area contributed by atoms with Gasteiger partial charge in [-0.2, -0.15) is 0 Å². The fraction of sp³-hybridized carbons (Fsp3) is 0.0769. The van der Waals surface area contributed by atoms with E-state index < -0.39 is 0 Å². The maximum absolute atomic E-state index is 5.77. The number of aryl methyl sites for hydroxylation is 1. The Morgan fingerprint density at radius 2 is 1.29 bits per heavy atom. The van der Waals surface area contributed by atoms with Gasteiger partial charge < -0.3 is 11.5 Å². The summed E-state index contributed by atoms with van der Waals surface area (Å²) in [5, 5.41) is 0. The van der Waals surface area contributed by atoms with Crippen LogP contribution in [0.2, 0.25) is 0 Å². The van der Waals surface area contributed by atoms with E-state index in [1.54, 1.807) is 0 Å². The van der Waals surface area contributed by atoms with E-state index in [1.165, 1.54) is 5.56 Å². The lowest BCUT2D eigenvalue weighted by atomic mass is 10.0. The average molecular weight is 271 g/mol. The van der Waals surface area contributed by atoms with Crippen LogP contribution in [0.4, 0.5) is 11.4 Å². The van der Waals surface area contributed by atoms with Gasteiger partial charge in [0, 0.05) is 11.4 Å². The normalized spacial score (nSPS) is 9.00. The third-order valence-electron chi connectivity index (χ3n) is 2.51. The number of halogens is 2. The molecular formula is C13H16Cl2N2. The van der Waals surface area contributed by atoms with Crippen LogP contribution in [0.3, 0.4) is 0 Å². The van der Waals surface area contributed by atoms with Crippen LogP contribution >= 0.6 is 24.8 Å². The molecule has 17 heavy (non-hydrogen) atoms. The van der Waals surface area contributed by atoms with Crippen molar-refractivity contribution in [2.24, 2.45) is 0 Å². The van der Waals surface area contributed by atoms with Gasteiger partial charge in [-0.05, 0) is 47.9 Å². The molecule has 4 heteroatoms. The first-order valence-corrected chi connectivity index (χ1v) is 4.89. The molecule has 0 saturated carbocycles. The van der Waals surface area contributed by atoms with E-state index in [-0.39, 0.29) is 24.8 Å². The number of rotatable bonds is 1. The molecule has 0 fully saturated rings. The molecule has 0 aliphatic heterocycles. The Bertz CT molecular complexity index is 481. The maximum atomic E-state index is 5.77. The summed E-state index contributed by atoms with van der Waals surface area (Å²) in [4.78, 5) is 0. The predicted molar refractivity (Wildman–Crippen MR) is 79.9 cm³/mol. The molecule has 0 radical (unpaired) electrons. The Hall–Kier alpha value is -1.38. The lowest BCUT2D eigenvalue weighted by molar-refractivity contribution is 1.46. The molecule has 2 aromatic rings. The van der Waals surface area contributed by atoms with Crippen LogP contribution in [0.5, 0.6) is 0 Å². The van der Waals surface area contributed by atoms with Crippen molar-refractivity contribution in [2.75, 3.05) is 11.5 Å². The summed E-state index contributed by atoms with van der Waals surface area (Å²) in [6, 6.07) is 13.9. The van der Waals surface area contributed by atoms with Gasteiger partial charge in [0.1, 0.15) is 0 Å². The molecule has 0 bridgehead atoms. The van der Waals surface area contributed by atoms with Crippen molar-refractivity contribution in [3.05, 3.63) is 48.0 Å². The molecule has 2 rings (SSSR count). The topological polar surface area (TPSA) is 52.0 Å². The number of nitrogens with two attached hydrogens (primary N) is 2. The number of hydrogen-bond acceptors (Lipinski definition) is 2. The first kappa shape index (κ1) is 15.6. The van der Waals surface area contributed by atoms with Crippen LogP contribution in [0.25, 0.3) is 11.1 Å². The van der Waals surface area contributed by atoms with E-state index in [2.05, 4.69) is 6.07 Å². The van der Waals surface area contributed by atoms with Crippen LogP contribution < -0.4 is 11.5 Å². The third kappa shape index (κ3) is 3.55. The summed E-state index contributed by atoms with van der Waals surface area (Å²) in [6.45, 7) is 2.01.